The van der Waals surface area contributed by atoms with E-state index in [-0.39, 0.29) is 11.2 Å². The van der Waals surface area contributed by atoms with Gasteiger partial charge in [0.05, 0.1) is 19.3 Å². The van der Waals surface area contributed by atoms with Crippen LogP contribution in [0, 0.1) is 0 Å². The number of ketones is 1. The van der Waals surface area contributed by atoms with Gasteiger partial charge in [0, 0.05) is 7.05 Å². The van der Waals surface area contributed by atoms with Gasteiger partial charge in [0.2, 0.25) is 0 Å². The van der Waals surface area contributed by atoms with Gasteiger partial charge < -0.3 is 9.64 Å². The van der Waals surface area contributed by atoms with Crippen LogP contribution in [0.1, 0.15) is 33.3 Å². The van der Waals surface area contributed by atoms with Crippen LogP contribution in [-0.4, -0.2) is 26.5 Å². The molecule has 0 bridgehead atoms. The van der Waals surface area contributed by atoms with E-state index in [0.29, 0.717) is 6.54 Å². The van der Waals surface area contributed by atoms with E-state index in [2.05, 4.69) is 32.9 Å². The lowest BCUT2D eigenvalue weighted by molar-refractivity contribution is -0.115. The van der Waals surface area contributed by atoms with Crippen LogP contribution in [0.15, 0.2) is 18.2 Å². The second kappa shape index (κ2) is 5.42. The Bertz CT molecular complexity index is 433. The number of carbonyl (C=O) groups is 1. The first-order valence-corrected chi connectivity index (χ1v) is 6.15. The molecule has 1 aromatic rings. The Morgan fingerprint density at radius 2 is 1.94 bits per heavy atom. The van der Waals surface area contributed by atoms with E-state index in [1.807, 2.05) is 18.0 Å². The quantitative estimate of drug-likeness (QED) is 0.821. The number of ether oxygens (including phenoxy) is 1. The highest BCUT2D eigenvalue weighted by atomic mass is 16.5. The van der Waals surface area contributed by atoms with E-state index < -0.39 is 0 Å². The Labute approximate surface area is 110 Å². The summed E-state index contributed by atoms with van der Waals surface area (Å²) >= 11 is 0. The molecule has 0 radical (unpaired) electrons. The standard InChI is InChI=1S/C15H23NO2/c1-11(17)10-16(5)13-9-12(15(2,3)4)7-8-14(13)18-6/h7-9H,10H2,1-6H3. The molecule has 3 heteroatoms. The minimum atomic E-state index is 0.0814. The molecule has 0 saturated carbocycles. The van der Waals surface area contributed by atoms with Crippen LogP contribution >= 0.6 is 0 Å². The van der Waals surface area contributed by atoms with Gasteiger partial charge in [-0.25, -0.2) is 0 Å². The van der Waals surface area contributed by atoms with E-state index in [4.69, 9.17) is 4.74 Å². The highest BCUT2D eigenvalue weighted by molar-refractivity contribution is 5.81. The molecule has 0 fully saturated rings. The highest BCUT2D eigenvalue weighted by Gasteiger charge is 2.17. The number of hydrogen-bond acceptors (Lipinski definition) is 3. The lowest BCUT2D eigenvalue weighted by Gasteiger charge is -2.25. The van der Waals surface area contributed by atoms with E-state index >= 15 is 0 Å². The van der Waals surface area contributed by atoms with Crippen LogP contribution < -0.4 is 9.64 Å². The molecule has 3 nitrogen and oxygen atoms in total. The summed E-state index contributed by atoms with van der Waals surface area (Å²) in [6.07, 6.45) is 0. The van der Waals surface area contributed by atoms with Crippen LogP contribution in [-0.2, 0) is 10.2 Å². The fourth-order valence-corrected chi connectivity index (χ4v) is 1.87. The van der Waals surface area contributed by atoms with Crippen molar-refractivity contribution in [3.8, 4) is 5.75 Å². The van der Waals surface area contributed by atoms with Crippen molar-refractivity contribution in [1.82, 2.24) is 0 Å². The first kappa shape index (κ1) is 14.6. The Morgan fingerprint density at radius 3 is 2.39 bits per heavy atom. The monoisotopic (exact) mass is 249 g/mol. The predicted molar refractivity (Wildman–Crippen MR) is 75.6 cm³/mol. The smallest absolute Gasteiger partial charge is 0.149 e. The van der Waals surface area contributed by atoms with E-state index in [1.54, 1.807) is 14.0 Å². The van der Waals surface area contributed by atoms with Gasteiger partial charge >= 0.3 is 0 Å². The number of hydrogen-bond donors (Lipinski definition) is 0. The van der Waals surface area contributed by atoms with Crippen LogP contribution in [0.3, 0.4) is 0 Å². The number of carbonyl (C=O) groups excluding carboxylic acids is 1. The summed E-state index contributed by atoms with van der Waals surface area (Å²) in [5.74, 6) is 0.937. The molecule has 0 aliphatic rings. The number of anilines is 1. The minimum Gasteiger partial charge on any atom is -0.495 e. The third kappa shape index (κ3) is 3.49. The Balaban J connectivity index is 3.17. The number of benzene rings is 1. The maximum absolute atomic E-state index is 11.2. The first-order chi connectivity index (χ1) is 8.25. The SMILES string of the molecule is COc1ccc(C(C)(C)C)cc1N(C)CC(C)=O. The van der Waals surface area contributed by atoms with Crippen LogP contribution in [0.25, 0.3) is 0 Å². The number of rotatable bonds is 4. The van der Waals surface area contributed by atoms with Gasteiger partial charge in [-0.05, 0) is 30.0 Å². The van der Waals surface area contributed by atoms with Gasteiger partial charge in [-0.3, -0.25) is 4.79 Å². The second-order valence-electron chi connectivity index (χ2n) is 5.69. The molecule has 0 spiro atoms. The lowest BCUT2D eigenvalue weighted by Crippen LogP contribution is -2.25. The molecular weight excluding hydrogens is 226 g/mol. The summed E-state index contributed by atoms with van der Waals surface area (Å²) in [6, 6.07) is 6.14. The molecule has 0 aromatic heterocycles. The van der Waals surface area contributed by atoms with E-state index in [9.17, 15) is 4.79 Å². The van der Waals surface area contributed by atoms with Crippen LogP contribution in [0.5, 0.6) is 5.75 Å². The maximum atomic E-state index is 11.2. The molecule has 100 valence electrons. The number of Topliss-reactive ketones (excluding diaryl/α,β-unsaturated/α-hetero) is 1. The van der Waals surface area contributed by atoms with Crippen molar-refractivity contribution in [2.45, 2.75) is 33.1 Å². The van der Waals surface area contributed by atoms with Gasteiger partial charge in [-0.1, -0.05) is 26.8 Å². The zero-order chi connectivity index (χ0) is 13.9. The Morgan fingerprint density at radius 1 is 1.33 bits per heavy atom. The zero-order valence-corrected chi connectivity index (χ0v) is 12.2. The fraction of sp³-hybridized carbons (Fsp3) is 0.533. The van der Waals surface area contributed by atoms with Crippen LogP contribution in [0.4, 0.5) is 5.69 Å². The molecule has 0 N–H and O–H groups in total. The summed E-state index contributed by atoms with van der Waals surface area (Å²) in [7, 11) is 3.56. The highest BCUT2D eigenvalue weighted by Crippen LogP contribution is 2.33. The third-order valence-corrected chi connectivity index (χ3v) is 2.92. The van der Waals surface area contributed by atoms with E-state index in [0.717, 1.165) is 11.4 Å². The number of methoxy groups -OCH3 is 1. The summed E-state index contributed by atoms with van der Waals surface area (Å²) < 4.78 is 5.36. The molecule has 0 heterocycles. The number of nitrogens with zero attached hydrogens (tertiary/aromatic N) is 1. The average molecular weight is 249 g/mol. The van der Waals surface area contributed by atoms with Gasteiger partial charge in [-0.2, -0.15) is 0 Å². The van der Waals surface area contributed by atoms with Crippen molar-refractivity contribution >= 4 is 11.5 Å². The second-order valence-corrected chi connectivity index (χ2v) is 5.69. The molecule has 0 unspecified atom stereocenters. The molecule has 0 atom stereocenters. The van der Waals surface area contributed by atoms with Crippen molar-refractivity contribution < 1.29 is 9.53 Å². The molecule has 0 aliphatic heterocycles. The minimum absolute atomic E-state index is 0.0814. The van der Waals surface area contributed by atoms with Crippen LogP contribution in [0.2, 0.25) is 0 Å². The van der Waals surface area contributed by atoms with Crippen molar-refractivity contribution in [3.05, 3.63) is 23.8 Å². The van der Waals surface area contributed by atoms with Gasteiger partial charge in [0.15, 0.2) is 0 Å². The zero-order valence-electron chi connectivity index (χ0n) is 12.2. The van der Waals surface area contributed by atoms with Gasteiger partial charge in [0.1, 0.15) is 11.5 Å². The van der Waals surface area contributed by atoms with Crippen molar-refractivity contribution in [3.63, 3.8) is 0 Å². The Kier molecular flexibility index (Phi) is 4.38. The van der Waals surface area contributed by atoms with Crippen molar-refractivity contribution in [2.75, 3.05) is 25.6 Å². The third-order valence-electron chi connectivity index (χ3n) is 2.92. The molecule has 1 rings (SSSR count). The van der Waals surface area contributed by atoms with Gasteiger partial charge in [0.25, 0.3) is 0 Å². The summed E-state index contributed by atoms with van der Waals surface area (Å²) in [6.45, 7) is 8.50. The normalized spacial score (nSPS) is 11.2. The predicted octanol–water partition coefficient (Wildman–Crippen LogP) is 3.02. The first-order valence-electron chi connectivity index (χ1n) is 6.15. The largest absolute Gasteiger partial charge is 0.495 e. The molecule has 1 aromatic carbocycles. The van der Waals surface area contributed by atoms with Gasteiger partial charge in [-0.15, -0.1) is 0 Å². The summed E-state index contributed by atoms with van der Waals surface area (Å²) in [4.78, 5) is 13.2. The maximum Gasteiger partial charge on any atom is 0.149 e. The Hall–Kier alpha value is -1.51. The summed E-state index contributed by atoms with van der Waals surface area (Å²) in [5, 5.41) is 0. The molecule has 0 amide bonds. The number of likely N-dealkylation sites (N-methyl/N-ethyl adjacent to an activating group) is 1. The van der Waals surface area contributed by atoms with Crippen molar-refractivity contribution in [1.29, 1.82) is 0 Å². The lowest BCUT2D eigenvalue weighted by atomic mass is 9.86. The molecule has 18 heavy (non-hydrogen) atoms. The average Bonchev–Trinajstić information content (AvgIpc) is 2.26. The molecule has 0 saturated heterocycles. The fourth-order valence-electron chi connectivity index (χ4n) is 1.87. The topological polar surface area (TPSA) is 29.5 Å². The summed E-state index contributed by atoms with van der Waals surface area (Å²) in [5.41, 5.74) is 2.27. The van der Waals surface area contributed by atoms with Crippen molar-refractivity contribution in [2.24, 2.45) is 0 Å². The van der Waals surface area contributed by atoms with E-state index in [1.165, 1.54) is 5.56 Å². The molecular formula is C15H23NO2. The molecule has 0 aliphatic carbocycles.